The van der Waals surface area contributed by atoms with Crippen molar-refractivity contribution in [2.45, 2.75) is 32.6 Å². The van der Waals surface area contributed by atoms with E-state index in [4.69, 9.17) is 20.8 Å². The molecule has 0 radical (unpaired) electrons. The molecular weight excluding hydrogens is 492 g/mol. The third-order valence-electron chi connectivity index (χ3n) is 6.36. The number of para-hydroxylation sites is 1. The van der Waals surface area contributed by atoms with Crippen molar-refractivity contribution in [3.8, 4) is 0 Å². The zero-order valence-corrected chi connectivity index (χ0v) is 21.4. The maximum Gasteiger partial charge on any atom is 0.253 e. The van der Waals surface area contributed by atoms with Gasteiger partial charge in [-0.1, -0.05) is 48.0 Å². The lowest BCUT2D eigenvalue weighted by Gasteiger charge is -2.30. The van der Waals surface area contributed by atoms with Gasteiger partial charge in [0.1, 0.15) is 11.8 Å². The summed E-state index contributed by atoms with van der Waals surface area (Å²) in [6, 6.07) is 18.6. The van der Waals surface area contributed by atoms with Gasteiger partial charge in [0.25, 0.3) is 5.56 Å². The molecule has 5 rings (SSSR count). The molecule has 1 N–H and O–H groups in total. The van der Waals surface area contributed by atoms with E-state index in [0.717, 1.165) is 27.8 Å². The maximum absolute atomic E-state index is 13.6. The van der Waals surface area contributed by atoms with Crippen LogP contribution in [-0.2, 0) is 24.4 Å². The lowest BCUT2D eigenvalue weighted by Crippen LogP contribution is -2.35. The first-order chi connectivity index (χ1) is 18.0. The zero-order chi connectivity index (χ0) is 25.8. The van der Waals surface area contributed by atoms with E-state index >= 15 is 0 Å². The van der Waals surface area contributed by atoms with Gasteiger partial charge in [-0.2, -0.15) is 0 Å². The van der Waals surface area contributed by atoms with E-state index < -0.39 is 6.04 Å². The number of H-pyrrole nitrogens is 1. The van der Waals surface area contributed by atoms with E-state index in [1.54, 1.807) is 18.1 Å². The summed E-state index contributed by atoms with van der Waals surface area (Å²) in [6.07, 6.45) is 1.63. The molecule has 9 nitrogen and oxygen atoms in total. The normalized spacial score (nSPS) is 12.4. The van der Waals surface area contributed by atoms with E-state index in [0.29, 0.717) is 42.7 Å². The van der Waals surface area contributed by atoms with Crippen molar-refractivity contribution < 1.29 is 9.15 Å². The van der Waals surface area contributed by atoms with Crippen molar-refractivity contribution in [2.24, 2.45) is 0 Å². The van der Waals surface area contributed by atoms with Gasteiger partial charge in [0.2, 0.25) is 0 Å². The first-order valence-corrected chi connectivity index (χ1v) is 12.3. The molecule has 3 heterocycles. The second kappa shape index (κ2) is 11.1. The number of methoxy groups -OCH3 is 1. The predicted octanol–water partition coefficient (Wildman–Crippen LogP) is 4.51. The second-order valence-corrected chi connectivity index (χ2v) is 9.23. The fourth-order valence-electron chi connectivity index (χ4n) is 4.53. The Morgan fingerprint density at radius 3 is 2.78 bits per heavy atom. The quantitative estimate of drug-likeness (QED) is 0.290. The summed E-state index contributed by atoms with van der Waals surface area (Å²) in [6.45, 7) is 3.64. The Balaban J connectivity index is 1.70. The van der Waals surface area contributed by atoms with Crippen LogP contribution in [0, 0.1) is 6.92 Å². The van der Waals surface area contributed by atoms with Crippen molar-refractivity contribution in [3.05, 3.63) is 111 Å². The van der Waals surface area contributed by atoms with Gasteiger partial charge in [-0.3, -0.25) is 9.69 Å². The number of benzene rings is 2. The van der Waals surface area contributed by atoms with E-state index in [2.05, 4.69) is 25.4 Å². The first-order valence-electron chi connectivity index (χ1n) is 11.9. The smallest absolute Gasteiger partial charge is 0.253 e. The number of halogens is 1. The van der Waals surface area contributed by atoms with Gasteiger partial charge in [-0.15, -0.1) is 5.10 Å². The number of aromatic nitrogens is 5. The number of hydrogen-bond acceptors (Lipinski definition) is 7. The number of nitrogens with zero attached hydrogens (tertiary/aromatic N) is 5. The number of tetrazole rings is 1. The van der Waals surface area contributed by atoms with Crippen molar-refractivity contribution in [2.75, 3.05) is 13.7 Å². The minimum atomic E-state index is -0.609. The predicted molar refractivity (Wildman–Crippen MR) is 140 cm³/mol. The fourth-order valence-corrected chi connectivity index (χ4v) is 4.73. The van der Waals surface area contributed by atoms with Crippen molar-refractivity contribution in [1.82, 2.24) is 30.1 Å². The van der Waals surface area contributed by atoms with Crippen LogP contribution < -0.4 is 5.56 Å². The van der Waals surface area contributed by atoms with Gasteiger partial charge >= 0.3 is 0 Å². The third-order valence-corrected chi connectivity index (χ3v) is 6.73. The molecule has 1 unspecified atom stereocenters. The molecule has 0 aliphatic rings. The number of hydrogen-bond donors (Lipinski definition) is 1. The van der Waals surface area contributed by atoms with Crippen LogP contribution in [0.3, 0.4) is 0 Å². The second-order valence-electron chi connectivity index (χ2n) is 8.82. The van der Waals surface area contributed by atoms with Crippen LogP contribution in [0.4, 0.5) is 0 Å². The van der Waals surface area contributed by atoms with Crippen molar-refractivity contribution in [3.63, 3.8) is 0 Å². The van der Waals surface area contributed by atoms with Gasteiger partial charge in [-0.05, 0) is 58.1 Å². The lowest BCUT2D eigenvalue weighted by atomic mass is 10.0. The number of pyridine rings is 1. The summed E-state index contributed by atoms with van der Waals surface area (Å²) < 4.78 is 12.7. The standard InChI is InChI=1S/C27H27ClN6O3/c1-18-7-5-9-19-15-22(27(35)29-24(18)19)25(26-30-31-32-34(26)12-14-36-2)33(17-21-10-6-13-37-21)16-20-8-3-4-11-23(20)28/h3-11,13,15,25H,12,14,16-17H2,1-2H3,(H,29,35). The molecule has 37 heavy (non-hydrogen) atoms. The Morgan fingerprint density at radius 1 is 1.14 bits per heavy atom. The van der Waals surface area contributed by atoms with Crippen LogP contribution in [0.25, 0.3) is 10.9 Å². The Hall–Kier alpha value is -3.79. The monoisotopic (exact) mass is 518 g/mol. The summed E-state index contributed by atoms with van der Waals surface area (Å²) in [4.78, 5) is 18.8. The van der Waals surface area contributed by atoms with Crippen LogP contribution in [-0.4, -0.2) is 43.8 Å². The summed E-state index contributed by atoms with van der Waals surface area (Å²) in [7, 11) is 1.62. The number of rotatable bonds is 10. The highest BCUT2D eigenvalue weighted by Gasteiger charge is 2.31. The zero-order valence-electron chi connectivity index (χ0n) is 20.6. The topological polar surface area (TPSA) is 102 Å². The first kappa shape index (κ1) is 24.9. The van der Waals surface area contributed by atoms with E-state index in [1.807, 2.05) is 67.6 Å². The highest BCUT2D eigenvalue weighted by Crippen LogP contribution is 2.31. The minimum absolute atomic E-state index is 0.211. The molecular formula is C27H27ClN6O3. The molecule has 0 spiro atoms. The van der Waals surface area contributed by atoms with E-state index in [-0.39, 0.29) is 5.56 Å². The summed E-state index contributed by atoms with van der Waals surface area (Å²) in [5, 5.41) is 14.1. The molecule has 0 fully saturated rings. The molecule has 0 saturated heterocycles. The van der Waals surface area contributed by atoms with Gasteiger partial charge < -0.3 is 14.1 Å². The molecule has 2 aromatic carbocycles. The molecule has 0 aliphatic heterocycles. The molecule has 5 aromatic rings. The Bertz CT molecular complexity index is 1550. The SMILES string of the molecule is COCCn1nnnc1C(c1cc2cccc(C)c2[nH]c1=O)N(Cc1ccco1)Cc1ccccc1Cl. The summed E-state index contributed by atoms with van der Waals surface area (Å²) in [5.74, 6) is 1.26. The fraction of sp³-hybridized carbons (Fsp3) is 0.259. The lowest BCUT2D eigenvalue weighted by molar-refractivity contribution is 0.163. The largest absolute Gasteiger partial charge is 0.468 e. The number of furan rings is 1. The van der Waals surface area contributed by atoms with Crippen molar-refractivity contribution in [1.29, 1.82) is 0 Å². The van der Waals surface area contributed by atoms with E-state index in [9.17, 15) is 4.79 Å². The van der Waals surface area contributed by atoms with Crippen LogP contribution in [0.2, 0.25) is 5.02 Å². The van der Waals surface area contributed by atoms with Crippen LogP contribution >= 0.6 is 11.6 Å². The van der Waals surface area contributed by atoms with Crippen LogP contribution in [0.5, 0.6) is 0 Å². The van der Waals surface area contributed by atoms with Crippen molar-refractivity contribution >= 4 is 22.5 Å². The van der Waals surface area contributed by atoms with Gasteiger partial charge in [0, 0.05) is 24.2 Å². The maximum atomic E-state index is 13.6. The molecule has 3 aromatic heterocycles. The number of fused-ring (bicyclic) bond motifs is 1. The number of aromatic amines is 1. The van der Waals surface area contributed by atoms with Crippen LogP contribution in [0.15, 0.2) is 76.1 Å². The Morgan fingerprint density at radius 2 is 2.00 bits per heavy atom. The molecule has 0 amide bonds. The third kappa shape index (κ3) is 5.34. The van der Waals surface area contributed by atoms with Gasteiger partial charge in [0.15, 0.2) is 5.82 Å². The van der Waals surface area contributed by atoms with Crippen LogP contribution in [0.1, 0.15) is 34.3 Å². The Kier molecular flexibility index (Phi) is 7.45. The summed E-state index contributed by atoms with van der Waals surface area (Å²) in [5.41, 5.74) is 3.01. The average molecular weight is 519 g/mol. The van der Waals surface area contributed by atoms with E-state index in [1.165, 1.54) is 0 Å². The number of aryl methyl sites for hydroxylation is 1. The highest BCUT2D eigenvalue weighted by molar-refractivity contribution is 6.31. The molecule has 1 atom stereocenters. The molecule has 0 saturated carbocycles. The molecule has 190 valence electrons. The highest BCUT2D eigenvalue weighted by atomic mass is 35.5. The minimum Gasteiger partial charge on any atom is -0.468 e. The van der Waals surface area contributed by atoms with Gasteiger partial charge in [0.05, 0.1) is 31.5 Å². The number of ether oxygens (including phenoxy) is 1. The number of nitrogens with one attached hydrogen (secondary N) is 1. The van der Waals surface area contributed by atoms with Gasteiger partial charge in [-0.25, -0.2) is 4.68 Å². The average Bonchev–Trinajstić information content (AvgIpc) is 3.57. The molecule has 0 aliphatic carbocycles. The molecule has 0 bridgehead atoms. The Labute approximate surface area is 218 Å². The molecule has 10 heteroatoms. The summed E-state index contributed by atoms with van der Waals surface area (Å²) >= 11 is 6.57.